The molecule has 0 aromatic rings. The molecule has 6 nitrogen and oxygen atoms in total. The lowest BCUT2D eigenvalue weighted by molar-refractivity contribution is -0.00684. The molecule has 1 unspecified atom stereocenters. The van der Waals surface area contributed by atoms with Crippen LogP contribution in [-0.2, 0) is 4.74 Å². The second-order valence-corrected chi connectivity index (χ2v) is 7.15. The fourth-order valence-electron chi connectivity index (χ4n) is 3.06. The van der Waals surface area contributed by atoms with E-state index < -0.39 is 0 Å². The molecule has 1 rings (SSSR count). The van der Waals surface area contributed by atoms with Crippen molar-refractivity contribution in [3.8, 4) is 0 Å². The average molecular weight is 343 g/mol. The highest BCUT2D eigenvalue weighted by molar-refractivity contribution is 5.79. The SMILES string of the molecule is CCCC(CCO)CNC(=NCC(C)(C)N1CCOCC1)NCC. The Morgan fingerprint density at radius 2 is 1.92 bits per heavy atom. The molecule has 0 bridgehead atoms. The van der Waals surface area contributed by atoms with Crippen LogP contribution in [0.5, 0.6) is 0 Å². The Kier molecular flexibility index (Phi) is 10.3. The Balaban J connectivity index is 2.56. The van der Waals surface area contributed by atoms with Crippen LogP contribution >= 0.6 is 0 Å². The number of hydrogen-bond donors (Lipinski definition) is 3. The van der Waals surface area contributed by atoms with Gasteiger partial charge in [0.2, 0.25) is 0 Å². The lowest BCUT2D eigenvalue weighted by Gasteiger charge is -2.40. The number of aliphatic hydroxyl groups excluding tert-OH is 1. The van der Waals surface area contributed by atoms with E-state index in [4.69, 9.17) is 9.73 Å². The molecular weight excluding hydrogens is 304 g/mol. The number of nitrogens with zero attached hydrogens (tertiary/aromatic N) is 2. The van der Waals surface area contributed by atoms with Crippen LogP contribution in [0.3, 0.4) is 0 Å². The van der Waals surface area contributed by atoms with Gasteiger partial charge in [-0.2, -0.15) is 0 Å². The quantitative estimate of drug-likeness (QED) is 0.414. The maximum Gasteiger partial charge on any atom is 0.191 e. The van der Waals surface area contributed by atoms with Crippen molar-refractivity contribution in [1.29, 1.82) is 0 Å². The van der Waals surface area contributed by atoms with Gasteiger partial charge < -0.3 is 20.5 Å². The minimum absolute atomic E-state index is 0.0278. The predicted molar refractivity (Wildman–Crippen MR) is 101 cm³/mol. The van der Waals surface area contributed by atoms with Gasteiger partial charge in [-0.3, -0.25) is 9.89 Å². The molecular formula is C18H38N4O2. The molecule has 1 heterocycles. The molecule has 0 amide bonds. The Morgan fingerprint density at radius 1 is 1.21 bits per heavy atom. The van der Waals surface area contributed by atoms with Crippen LogP contribution in [0.4, 0.5) is 0 Å². The van der Waals surface area contributed by atoms with Gasteiger partial charge in [-0.15, -0.1) is 0 Å². The second kappa shape index (κ2) is 11.7. The Bertz CT molecular complexity index is 349. The number of aliphatic imine (C=N–C) groups is 1. The van der Waals surface area contributed by atoms with Gasteiger partial charge in [0.15, 0.2) is 5.96 Å². The summed E-state index contributed by atoms with van der Waals surface area (Å²) in [6.45, 7) is 15.1. The summed E-state index contributed by atoms with van der Waals surface area (Å²) in [4.78, 5) is 7.26. The highest BCUT2D eigenvalue weighted by atomic mass is 16.5. The molecule has 1 aliphatic rings. The molecule has 1 aliphatic heterocycles. The normalized spacial score (nSPS) is 18.5. The van der Waals surface area contributed by atoms with Crippen LogP contribution in [0.15, 0.2) is 4.99 Å². The smallest absolute Gasteiger partial charge is 0.191 e. The lowest BCUT2D eigenvalue weighted by Crippen LogP contribution is -2.52. The molecule has 142 valence electrons. The summed E-state index contributed by atoms with van der Waals surface area (Å²) in [7, 11) is 0. The standard InChI is InChI=1S/C18H38N4O2/c1-5-7-16(8-11-23)14-20-17(19-6-2)21-15-18(3,4)22-9-12-24-13-10-22/h16,23H,5-15H2,1-4H3,(H2,19,20,21). The monoisotopic (exact) mass is 342 g/mol. The van der Waals surface area contributed by atoms with E-state index in [1.807, 2.05) is 0 Å². The summed E-state index contributed by atoms with van der Waals surface area (Å²) in [6.07, 6.45) is 3.12. The Morgan fingerprint density at radius 3 is 2.50 bits per heavy atom. The highest BCUT2D eigenvalue weighted by Crippen LogP contribution is 2.16. The van der Waals surface area contributed by atoms with Crippen molar-refractivity contribution < 1.29 is 9.84 Å². The predicted octanol–water partition coefficient (Wildman–Crippen LogP) is 1.45. The molecule has 0 saturated carbocycles. The van der Waals surface area contributed by atoms with Crippen molar-refractivity contribution in [3.63, 3.8) is 0 Å². The summed E-state index contributed by atoms with van der Waals surface area (Å²) in [5, 5.41) is 16.0. The summed E-state index contributed by atoms with van der Waals surface area (Å²) in [5.74, 6) is 1.37. The average Bonchev–Trinajstić information content (AvgIpc) is 2.58. The van der Waals surface area contributed by atoms with Crippen molar-refractivity contribution in [3.05, 3.63) is 0 Å². The molecule has 24 heavy (non-hydrogen) atoms. The van der Waals surface area contributed by atoms with Crippen LogP contribution in [0.2, 0.25) is 0 Å². The number of morpholine rings is 1. The molecule has 0 aliphatic carbocycles. The van der Waals surface area contributed by atoms with Crippen LogP contribution in [0.1, 0.15) is 47.0 Å². The molecule has 1 atom stereocenters. The minimum atomic E-state index is 0.0278. The second-order valence-electron chi connectivity index (χ2n) is 7.15. The van der Waals surface area contributed by atoms with Gasteiger partial charge in [0.1, 0.15) is 0 Å². The topological polar surface area (TPSA) is 69.1 Å². The van der Waals surface area contributed by atoms with E-state index in [1.54, 1.807) is 0 Å². The van der Waals surface area contributed by atoms with E-state index in [9.17, 15) is 5.11 Å². The van der Waals surface area contributed by atoms with E-state index in [1.165, 1.54) is 0 Å². The van der Waals surface area contributed by atoms with Gasteiger partial charge in [-0.05, 0) is 39.5 Å². The third-order valence-electron chi connectivity index (χ3n) is 4.63. The van der Waals surface area contributed by atoms with Crippen molar-refractivity contribution in [2.75, 3.05) is 52.5 Å². The summed E-state index contributed by atoms with van der Waals surface area (Å²) in [6, 6.07) is 0. The number of ether oxygens (including phenoxy) is 1. The first-order chi connectivity index (χ1) is 11.5. The molecule has 0 aromatic heterocycles. The molecule has 0 aromatic carbocycles. The maximum atomic E-state index is 9.20. The third-order valence-corrected chi connectivity index (χ3v) is 4.63. The maximum absolute atomic E-state index is 9.20. The number of guanidine groups is 1. The fraction of sp³-hybridized carbons (Fsp3) is 0.944. The van der Waals surface area contributed by atoms with E-state index in [2.05, 4.69) is 43.2 Å². The number of aliphatic hydroxyl groups is 1. The molecule has 3 N–H and O–H groups in total. The number of nitrogens with one attached hydrogen (secondary N) is 2. The molecule has 1 saturated heterocycles. The summed E-state index contributed by atoms with van der Waals surface area (Å²) >= 11 is 0. The zero-order valence-electron chi connectivity index (χ0n) is 16.1. The van der Waals surface area contributed by atoms with Gasteiger partial charge in [-0.1, -0.05) is 13.3 Å². The van der Waals surface area contributed by atoms with Gasteiger partial charge >= 0.3 is 0 Å². The van der Waals surface area contributed by atoms with Crippen molar-refractivity contribution in [1.82, 2.24) is 15.5 Å². The first kappa shape index (κ1) is 21.2. The zero-order valence-corrected chi connectivity index (χ0v) is 16.1. The third kappa shape index (κ3) is 7.81. The highest BCUT2D eigenvalue weighted by Gasteiger charge is 2.28. The summed E-state index contributed by atoms with van der Waals surface area (Å²) in [5.41, 5.74) is 0.0278. The minimum Gasteiger partial charge on any atom is -0.396 e. The van der Waals surface area contributed by atoms with Crippen molar-refractivity contribution in [2.45, 2.75) is 52.5 Å². The van der Waals surface area contributed by atoms with Crippen LogP contribution in [0, 0.1) is 5.92 Å². The molecule has 6 heteroatoms. The Hall–Kier alpha value is -0.850. The van der Waals surface area contributed by atoms with Gasteiger partial charge in [-0.25, -0.2) is 0 Å². The van der Waals surface area contributed by atoms with Gasteiger partial charge in [0, 0.05) is 38.3 Å². The summed E-state index contributed by atoms with van der Waals surface area (Å²) < 4.78 is 5.45. The van der Waals surface area contributed by atoms with E-state index in [0.717, 1.165) is 71.2 Å². The van der Waals surface area contributed by atoms with Crippen LogP contribution in [0.25, 0.3) is 0 Å². The largest absolute Gasteiger partial charge is 0.396 e. The van der Waals surface area contributed by atoms with Crippen LogP contribution < -0.4 is 10.6 Å². The zero-order chi connectivity index (χ0) is 17.8. The fourth-order valence-corrected chi connectivity index (χ4v) is 3.06. The van der Waals surface area contributed by atoms with Gasteiger partial charge in [0.05, 0.1) is 19.8 Å². The van der Waals surface area contributed by atoms with Crippen molar-refractivity contribution in [2.24, 2.45) is 10.9 Å². The first-order valence-corrected chi connectivity index (χ1v) is 9.49. The van der Waals surface area contributed by atoms with Crippen LogP contribution in [-0.4, -0.2) is 74.0 Å². The lowest BCUT2D eigenvalue weighted by atomic mass is 10.0. The molecule has 0 spiro atoms. The molecule has 1 fully saturated rings. The van der Waals surface area contributed by atoms with Crippen molar-refractivity contribution >= 4 is 5.96 Å². The Labute approximate surface area is 148 Å². The van der Waals surface area contributed by atoms with E-state index in [0.29, 0.717) is 5.92 Å². The first-order valence-electron chi connectivity index (χ1n) is 9.49. The van der Waals surface area contributed by atoms with E-state index in [-0.39, 0.29) is 12.1 Å². The number of rotatable bonds is 10. The van der Waals surface area contributed by atoms with Gasteiger partial charge in [0.25, 0.3) is 0 Å². The number of hydrogen-bond acceptors (Lipinski definition) is 4. The van der Waals surface area contributed by atoms with E-state index >= 15 is 0 Å². The molecule has 0 radical (unpaired) electrons.